The molecule has 2 atom stereocenters. The van der Waals surface area contributed by atoms with Crippen LogP contribution in [0.3, 0.4) is 0 Å². The topological polar surface area (TPSA) is 74.2 Å². The van der Waals surface area contributed by atoms with Gasteiger partial charge in [0.15, 0.2) is 0 Å². The van der Waals surface area contributed by atoms with E-state index in [1.54, 1.807) is 0 Å². The first kappa shape index (κ1) is 13.3. The fraction of sp³-hybridized carbons (Fsp3) is 0.467. The minimum absolute atomic E-state index is 0.00573. The summed E-state index contributed by atoms with van der Waals surface area (Å²) in [6, 6.07) is 8.18. The third-order valence-corrected chi connectivity index (χ3v) is 3.72. The molecule has 1 aromatic carbocycles. The van der Waals surface area contributed by atoms with E-state index >= 15 is 0 Å². The molecule has 0 amide bonds. The highest BCUT2D eigenvalue weighted by Crippen LogP contribution is 2.26. The maximum Gasteiger partial charge on any atom is 0.234 e. The van der Waals surface area contributed by atoms with E-state index in [0.717, 1.165) is 5.56 Å². The second-order valence-electron chi connectivity index (χ2n) is 5.54. The Bertz CT molecular complexity index is 577. The molecule has 2 aromatic rings. The maximum atomic E-state index is 5.96. The minimum atomic E-state index is -0.0633. The molecule has 2 unspecified atom stereocenters. The molecule has 1 fully saturated rings. The van der Waals surface area contributed by atoms with Gasteiger partial charge in [-0.1, -0.05) is 43.3 Å². The lowest BCUT2D eigenvalue weighted by Gasteiger charge is -2.06. The second-order valence-corrected chi connectivity index (χ2v) is 5.54. The van der Waals surface area contributed by atoms with Gasteiger partial charge in [0.2, 0.25) is 11.7 Å². The number of nitrogens with two attached hydrogens (primary N) is 1. The van der Waals surface area contributed by atoms with Crippen molar-refractivity contribution in [3.63, 3.8) is 0 Å². The second kappa shape index (κ2) is 5.34. The number of nitrogens with zero attached hydrogens (tertiary/aromatic N) is 2. The van der Waals surface area contributed by atoms with Gasteiger partial charge in [0.1, 0.15) is 0 Å². The number of hydrogen-bond donors (Lipinski definition) is 1. The molecule has 0 spiro atoms. The zero-order chi connectivity index (χ0) is 14.1. The average Bonchev–Trinajstić information content (AvgIpc) is 3.07. The summed E-state index contributed by atoms with van der Waals surface area (Å²) < 4.78 is 10.7. The lowest BCUT2D eigenvalue weighted by molar-refractivity contribution is 0.187. The third kappa shape index (κ3) is 2.46. The number of benzene rings is 1. The number of aromatic nitrogens is 2. The standard InChI is InChI=1S/C15H19N3O2/c1-9(2)10-3-5-11(6-4-10)14-17-15(20-18-14)12-7-19-8-13(12)16/h3-6,9,12-13H,7-8,16H2,1-2H3. The molecule has 5 heteroatoms. The van der Waals surface area contributed by atoms with Crippen molar-refractivity contribution in [1.82, 2.24) is 10.1 Å². The highest BCUT2D eigenvalue weighted by Gasteiger charge is 2.31. The predicted octanol–water partition coefficient (Wildman–Crippen LogP) is 2.30. The summed E-state index contributed by atoms with van der Waals surface area (Å²) >= 11 is 0. The Hall–Kier alpha value is -1.72. The molecule has 20 heavy (non-hydrogen) atoms. The van der Waals surface area contributed by atoms with Crippen LogP contribution in [0, 0.1) is 0 Å². The summed E-state index contributed by atoms with van der Waals surface area (Å²) in [7, 11) is 0. The van der Waals surface area contributed by atoms with Crippen LogP contribution in [0.1, 0.15) is 37.1 Å². The van der Waals surface area contributed by atoms with Gasteiger partial charge in [-0.25, -0.2) is 0 Å². The van der Waals surface area contributed by atoms with Crippen molar-refractivity contribution >= 4 is 0 Å². The SMILES string of the molecule is CC(C)c1ccc(-c2noc(C3COCC3N)n2)cc1. The summed E-state index contributed by atoms with van der Waals surface area (Å²) in [6.07, 6.45) is 0. The largest absolute Gasteiger partial charge is 0.379 e. The van der Waals surface area contributed by atoms with E-state index in [9.17, 15) is 0 Å². The molecule has 0 aliphatic carbocycles. The Morgan fingerprint density at radius 1 is 1.20 bits per heavy atom. The van der Waals surface area contributed by atoms with Crippen molar-refractivity contribution in [2.24, 2.45) is 5.73 Å². The molecule has 0 radical (unpaired) electrons. The van der Waals surface area contributed by atoms with Crippen LogP contribution in [0.5, 0.6) is 0 Å². The molecule has 5 nitrogen and oxygen atoms in total. The summed E-state index contributed by atoms with van der Waals surface area (Å²) in [5, 5.41) is 4.04. The summed E-state index contributed by atoms with van der Waals surface area (Å²) in [4.78, 5) is 4.45. The Balaban J connectivity index is 1.82. The Kier molecular flexibility index (Phi) is 3.54. The van der Waals surface area contributed by atoms with Gasteiger partial charge in [-0.3, -0.25) is 0 Å². The van der Waals surface area contributed by atoms with Crippen molar-refractivity contribution in [2.75, 3.05) is 13.2 Å². The van der Waals surface area contributed by atoms with Gasteiger partial charge in [0.25, 0.3) is 0 Å². The maximum absolute atomic E-state index is 5.96. The summed E-state index contributed by atoms with van der Waals surface area (Å²) in [5.41, 5.74) is 8.21. The van der Waals surface area contributed by atoms with Gasteiger partial charge in [0.05, 0.1) is 19.1 Å². The average molecular weight is 273 g/mol. The van der Waals surface area contributed by atoms with Crippen molar-refractivity contribution in [2.45, 2.75) is 31.7 Å². The van der Waals surface area contributed by atoms with Crippen molar-refractivity contribution < 1.29 is 9.26 Å². The van der Waals surface area contributed by atoms with Crippen LogP contribution in [0.15, 0.2) is 28.8 Å². The van der Waals surface area contributed by atoms with Crippen LogP contribution in [-0.2, 0) is 4.74 Å². The zero-order valence-electron chi connectivity index (χ0n) is 11.7. The number of hydrogen-bond acceptors (Lipinski definition) is 5. The Morgan fingerprint density at radius 3 is 2.55 bits per heavy atom. The lowest BCUT2D eigenvalue weighted by atomic mass is 10.0. The molecule has 1 aliphatic heterocycles. The van der Waals surface area contributed by atoms with Crippen LogP contribution in [0.25, 0.3) is 11.4 Å². The molecule has 2 N–H and O–H groups in total. The van der Waals surface area contributed by atoms with E-state index < -0.39 is 0 Å². The van der Waals surface area contributed by atoms with Gasteiger partial charge in [-0.05, 0) is 11.5 Å². The highest BCUT2D eigenvalue weighted by molar-refractivity contribution is 5.54. The van der Waals surface area contributed by atoms with E-state index in [-0.39, 0.29) is 12.0 Å². The molecule has 2 heterocycles. The highest BCUT2D eigenvalue weighted by atomic mass is 16.5. The van der Waals surface area contributed by atoms with E-state index in [4.69, 9.17) is 15.0 Å². The fourth-order valence-corrected chi connectivity index (χ4v) is 2.35. The van der Waals surface area contributed by atoms with Crippen molar-refractivity contribution in [1.29, 1.82) is 0 Å². The van der Waals surface area contributed by atoms with E-state index in [1.165, 1.54) is 5.56 Å². The molecule has 0 saturated carbocycles. The first-order chi connectivity index (χ1) is 9.65. The zero-order valence-corrected chi connectivity index (χ0v) is 11.7. The molecular formula is C15H19N3O2. The molecule has 1 saturated heterocycles. The number of rotatable bonds is 3. The first-order valence-electron chi connectivity index (χ1n) is 6.92. The summed E-state index contributed by atoms with van der Waals surface area (Å²) in [6.45, 7) is 5.44. The van der Waals surface area contributed by atoms with Crippen LogP contribution in [0.2, 0.25) is 0 Å². The smallest absolute Gasteiger partial charge is 0.234 e. The van der Waals surface area contributed by atoms with Gasteiger partial charge in [-0.15, -0.1) is 0 Å². The quantitative estimate of drug-likeness (QED) is 0.928. The van der Waals surface area contributed by atoms with Crippen molar-refractivity contribution in [3.8, 4) is 11.4 Å². The molecule has 0 bridgehead atoms. The third-order valence-electron chi connectivity index (χ3n) is 3.72. The van der Waals surface area contributed by atoms with Crippen LogP contribution >= 0.6 is 0 Å². The van der Waals surface area contributed by atoms with E-state index in [2.05, 4.69) is 36.1 Å². The van der Waals surface area contributed by atoms with E-state index in [0.29, 0.717) is 30.8 Å². The summed E-state index contributed by atoms with van der Waals surface area (Å²) in [5.74, 6) is 1.69. The van der Waals surface area contributed by atoms with Crippen LogP contribution in [-0.4, -0.2) is 29.4 Å². The van der Waals surface area contributed by atoms with Crippen molar-refractivity contribution in [3.05, 3.63) is 35.7 Å². The monoisotopic (exact) mass is 273 g/mol. The Labute approximate surface area is 118 Å². The molecule has 106 valence electrons. The molecule has 3 rings (SSSR count). The van der Waals surface area contributed by atoms with Crippen LogP contribution < -0.4 is 5.73 Å². The number of ether oxygens (including phenoxy) is 1. The molecule has 1 aliphatic rings. The fourth-order valence-electron chi connectivity index (χ4n) is 2.35. The van der Waals surface area contributed by atoms with Gasteiger partial charge >= 0.3 is 0 Å². The Morgan fingerprint density at radius 2 is 1.95 bits per heavy atom. The normalized spacial score (nSPS) is 22.6. The predicted molar refractivity (Wildman–Crippen MR) is 75.4 cm³/mol. The first-order valence-corrected chi connectivity index (χ1v) is 6.92. The minimum Gasteiger partial charge on any atom is -0.379 e. The molecular weight excluding hydrogens is 254 g/mol. The van der Waals surface area contributed by atoms with Crippen LogP contribution in [0.4, 0.5) is 0 Å². The molecule has 1 aromatic heterocycles. The lowest BCUT2D eigenvalue weighted by Crippen LogP contribution is -2.26. The van der Waals surface area contributed by atoms with E-state index in [1.807, 2.05) is 12.1 Å². The van der Waals surface area contributed by atoms with Gasteiger partial charge in [-0.2, -0.15) is 4.98 Å². The van der Waals surface area contributed by atoms with Gasteiger partial charge in [0, 0.05) is 11.6 Å². The van der Waals surface area contributed by atoms with Gasteiger partial charge < -0.3 is 15.0 Å².